The molecule has 2 fully saturated rings. The minimum Gasteiger partial charge on any atom is -0.368 e. The molecule has 3 rings (SSSR count). The van der Waals surface area contributed by atoms with Crippen LogP contribution in [0.3, 0.4) is 0 Å². The summed E-state index contributed by atoms with van der Waals surface area (Å²) in [4.78, 5) is 4.52. The highest BCUT2D eigenvalue weighted by Crippen LogP contribution is 2.34. The summed E-state index contributed by atoms with van der Waals surface area (Å²) < 4.78 is 38.3. The van der Waals surface area contributed by atoms with E-state index < -0.39 is 11.7 Å². The summed E-state index contributed by atoms with van der Waals surface area (Å²) in [6.07, 6.45) is -0.863. The number of hydrogen-bond acceptors (Lipinski definition) is 3. The molecule has 118 valence electrons. The highest BCUT2D eigenvalue weighted by molar-refractivity contribution is 5.61. The van der Waals surface area contributed by atoms with Crippen molar-refractivity contribution < 1.29 is 13.2 Å². The molecule has 22 heavy (non-hydrogen) atoms. The van der Waals surface area contributed by atoms with Crippen molar-refractivity contribution in [3.8, 4) is 6.07 Å². The predicted octanol–water partition coefficient (Wildman–Crippen LogP) is 3.25. The highest BCUT2D eigenvalue weighted by Gasteiger charge is 2.33. The molecule has 2 heterocycles. The van der Waals surface area contributed by atoms with E-state index in [1.807, 2.05) is 6.07 Å². The van der Waals surface area contributed by atoms with E-state index in [9.17, 15) is 18.4 Å². The molecule has 2 aliphatic rings. The van der Waals surface area contributed by atoms with Crippen LogP contribution in [0.5, 0.6) is 0 Å². The van der Waals surface area contributed by atoms with Crippen LogP contribution in [0.2, 0.25) is 0 Å². The summed E-state index contributed by atoms with van der Waals surface area (Å²) >= 11 is 0. The lowest BCUT2D eigenvalue weighted by Gasteiger charge is -2.45. The van der Waals surface area contributed by atoms with Crippen molar-refractivity contribution in [2.75, 3.05) is 31.1 Å². The second-order valence-corrected chi connectivity index (χ2v) is 5.97. The van der Waals surface area contributed by atoms with Crippen molar-refractivity contribution in [1.29, 1.82) is 5.26 Å². The summed E-state index contributed by atoms with van der Waals surface area (Å²) in [7, 11) is 0. The third-order valence-corrected chi connectivity index (χ3v) is 4.62. The van der Waals surface area contributed by atoms with Gasteiger partial charge in [-0.05, 0) is 37.6 Å². The van der Waals surface area contributed by atoms with Gasteiger partial charge in [-0.25, -0.2) is 0 Å². The maximum atomic E-state index is 12.8. The van der Waals surface area contributed by atoms with E-state index in [0.29, 0.717) is 11.7 Å². The van der Waals surface area contributed by atoms with Crippen molar-refractivity contribution in [2.24, 2.45) is 0 Å². The summed E-state index contributed by atoms with van der Waals surface area (Å²) in [6.45, 7) is 3.57. The van der Waals surface area contributed by atoms with Gasteiger partial charge in [-0.1, -0.05) is 6.42 Å². The maximum Gasteiger partial charge on any atom is 0.416 e. The van der Waals surface area contributed by atoms with Crippen molar-refractivity contribution >= 4 is 5.69 Å². The molecule has 2 saturated heterocycles. The fourth-order valence-corrected chi connectivity index (χ4v) is 3.45. The lowest BCUT2D eigenvalue weighted by molar-refractivity contribution is -0.137. The molecule has 2 aliphatic heterocycles. The third kappa shape index (κ3) is 2.91. The largest absolute Gasteiger partial charge is 0.416 e. The first-order valence-corrected chi connectivity index (χ1v) is 7.59. The molecule has 1 atom stereocenters. The van der Waals surface area contributed by atoms with Gasteiger partial charge in [0, 0.05) is 25.7 Å². The number of nitriles is 1. The second kappa shape index (κ2) is 5.81. The number of halogens is 3. The van der Waals surface area contributed by atoms with Gasteiger partial charge in [-0.15, -0.1) is 0 Å². The molecule has 0 unspecified atom stereocenters. The molecule has 1 aromatic rings. The fraction of sp³-hybridized carbons (Fsp3) is 0.562. The van der Waals surface area contributed by atoms with Gasteiger partial charge in [0.2, 0.25) is 0 Å². The number of rotatable bonds is 1. The lowest BCUT2D eigenvalue weighted by atomic mass is 9.98. The van der Waals surface area contributed by atoms with Gasteiger partial charge < -0.3 is 4.90 Å². The van der Waals surface area contributed by atoms with E-state index in [-0.39, 0.29) is 5.56 Å². The van der Waals surface area contributed by atoms with Crippen LogP contribution in [0.15, 0.2) is 18.2 Å². The highest BCUT2D eigenvalue weighted by atomic mass is 19.4. The Hall–Kier alpha value is -1.74. The number of benzene rings is 1. The monoisotopic (exact) mass is 309 g/mol. The summed E-state index contributed by atoms with van der Waals surface area (Å²) in [5, 5.41) is 9.22. The number of piperazine rings is 1. The molecule has 0 saturated carbocycles. The zero-order valence-corrected chi connectivity index (χ0v) is 12.2. The summed E-state index contributed by atoms with van der Waals surface area (Å²) in [5.74, 6) is 0. The van der Waals surface area contributed by atoms with Gasteiger partial charge in [-0.3, -0.25) is 4.90 Å². The van der Waals surface area contributed by atoms with Crippen molar-refractivity contribution in [2.45, 2.75) is 31.5 Å². The van der Waals surface area contributed by atoms with Crippen LogP contribution < -0.4 is 4.90 Å². The van der Waals surface area contributed by atoms with Crippen LogP contribution in [0.1, 0.15) is 30.4 Å². The molecule has 0 bridgehead atoms. The van der Waals surface area contributed by atoms with Crippen LogP contribution in [0.4, 0.5) is 18.9 Å². The molecule has 0 spiro atoms. The molecular weight excluding hydrogens is 291 g/mol. The SMILES string of the molecule is N#Cc1cc(C(F)(F)F)ccc1N1CCN2CCCC[C@H]2C1. The molecular formula is C16H18F3N3. The normalized spacial score (nSPS) is 23.0. The van der Waals surface area contributed by atoms with E-state index >= 15 is 0 Å². The fourth-order valence-electron chi connectivity index (χ4n) is 3.45. The third-order valence-electron chi connectivity index (χ3n) is 4.62. The molecule has 0 radical (unpaired) electrons. The zero-order chi connectivity index (χ0) is 15.7. The van der Waals surface area contributed by atoms with Crippen molar-refractivity contribution in [3.63, 3.8) is 0 Å². The van der Waals surface area contributed by atoms with Crippen LogP contribution >= 0.6 is 0 Å². The van der Waals surface area contributed by atoms with Crippen LogP contribution in [0.25, 0.3) is 0 Å². The topological polar surface area (TPSA) is 30.3 Å². The molecule has 0 amide bonds. The standard InChI is InChI=1S/C16H18F3N3/c17-16(18,19)13-4-5-15(12(9-13)10-20)22-8-7-21-6-2-1-3-14(21)11-22/h4-5,9,14H,1-3,6-8,11H2/t14-/m0/s1. The molecule has 0 aliphatic carbocycles. The Bertz CT molecular complexity index is 591. The predicted molar refractivity (Wildman–Crippen MR) is 77.6 cm³/mol. The Kier molecular flexibility index (Phi) is 4.00. The number of piperidine rings is 1. The van der Waals surface area contributed by atoms with Crippen molar-refractivity contribution in [3.05, 3.63) is 29.3 Å². The van der Waals surface area contributed by atoms with E-state index in [1.165, 1.54) is 18.9 Å². The average Bonchev–Trinajstić information content (AvgIpc) is 2.53. The minimum atomic E-state index is -4.41. The first-order valence-electron chi connectivity index (χ1n) is 7.59. The number of fused-ring (bicyclic) bond motifs is 1. The van der Waals surface area contributed by atoms with Gasteiger partial charge in [0.15, 0.2) is 0 Å². The van der Waals surface area contributed by atoms with Crippen LogP contribution in [-0.2, 0) is 6.18 Å². The Morgan fingerprint density at radius 2 is 1.95 bits per heavy atom. The number of anilines is 1. The lowest BCUT2D eigenvalue weighted by Crippen LogP contribution is -2.55. The zero-order valence-electron chi connectivity index (χ0n) is 12.2. The van der Waals surface area contributed by atoms with E-state index in [2.05, 4.69) is 9.80 Å². The first-order chi connectivity index (χ1) is 10.5. The Labute approximate surface area is 127 Å². The summed E-state index contributed by atoms with van der Waals surface area (Å²) in [6, 6.07) is 5.86. The number of nitrogens with zero attached hydrogens (tertiary/aromatic N) is 3. The number of hydrogen-bond donors (Lipinski definition) is 0. The molecule has 3 nitrogen and oxygen atoms in total. The molecule has 1 aromatic carbocycles. The first kappa shape index (κ1) is 15.2. The Balaban J connectivity index is 1.84. The van der Waals surface area contributed by atoms with Gasteiger partial charge in [0.05, 0.1) is 16.8 Å². The van der Waals surface area contributed by atoms with E-state index in [4.69, 9.17) is 0 Å². The average molecular weight is 309 g/mol. The molecule has 6 heteroatoms. The van der Waals surface area contributed by atoms with Crippen LogP contribution in [0, 0.1) is 11.3 Å². The molecule has 0 N–H and O–H groups in total. The molecule has 0 aromatic heterocycles. The smallest absolute Gasteiger partial charge is 0.368 e. The number of alkyl halides is 3. The van der Waals surface area contributed by atoms with Crippen LogP contribution in [-0.4, -0.2) is 37.1 Å². The quantitative estimate of drug-likeness (QED) is 0.798. The van der Waals surface area contributed by atoms with Gasteiger partial charge in [-0.2, -0.15) is 18.4 Å². The van der Waals surface area contributed by atoms with E-state index in [1.54, 1.807) is 0 Å². The second-order valence-electron chi connectivity index (χ2n) is 5.97. The van der Waals surface area contributed by atoms with Gasteiger partial charge in [0.1, 0.15) is 6.07 Å². The summed E-state index contributed by atoms with van der Waals surface area (Å²) in [5.41, 5.74) is -0.0242. The van der Waals surface area contributed by atoms with E-state index in [0.717, 1.165) is 44.7 Å². The Morgan fingerprint density at radius 3 is 2.68 bits per heavy atom. The minimum absolute atomic E-state index is 0.110. The van der Waals surface area contributed by atoms with Gasteiger partial charge in [0.25, 0.3) is 0 Å². The Morgan fingerprint density at radius 1 is 1.14 bits per heavy atom. The van der Waals surface area contributed by atoms with Crippen molar-refractivity contribution in [1.82, 2.24) is 4.90 Å². The van der Waals surface area contributed by atoms with Gasteiger partial charge >= 0.3 is 6.18 Å². The maximum absolute atomic E-state index is 12.8.